The topological polar surface area (TPSA) is 51.2 Å². The minimum absolute atomic E-state index is 0.109. The lowest BCUT2D eigenvalue weighted by molar-refractivity contribution is -0.117. The van der Waals surface area contributed by atoms with Crippen LogP contribution >= 0.6 is 12.2 Å². The Labute approximate surface area is 186 Å². The molecule has 0 spiro atoms. The summed E-state index contributed by atoms with van der Waals surface area (Å²) in [5.74, 6) is 2.47. The molecule has 1 unspecified atom stereocenters. The van der Waals surface area contributed by atoms with Crippen LogP contribution in [0.5, 0.6) is 23.0 Å². The highest BCUT2D eigenvalue weighted by atomic mass is 32.1. The first-order valence-corrected chi connectivity index (χ1v) is 10.2. The summed E-state index contributed by atoms with van der Waals surface area (Å²) >= 11 is 5.69. The second-order valence-corrected chi connectivity index (χ2v) is 7.32. The quantitative estimate of drug-likeness (QED) is 0.508. The molecule has 0 aromatic heterocycles. The van der Waals surface area contributed by atoms with Crippen molar-refractivity contribution in [2.75, 3.05) is 24.0 Å². The molecule has 3 aromatic carbocycles. The Bertz CT molecular complexity index is 1100. The molecule has 0 bridgehead atoms. The number of rotatable bonds is 6. The predicted molar refractivity (Wildman–Crippen MR) is 125 cm³/mol. The predicted octanol–water partition coefficient (Wildman–Crippen LogP) is 5.02. The summed E-state index contributed by atoms with van der Waals surface area (Å²) in [4.78, 5) is 16.4. The van der Waals surface area contributed by atoms with Crippen LogP contribution in [0.4, 0.5) is 11.4 Å². The summed E-state index contributed by atoms with van der Waals surface area (Å²) in [7, 11) is 3.12. The van der Waals surface area contributed by atoms with Crippen molar-refractivity contribution in [1.29, 1.82) is 0 Å². The Balaban J connectivity index is 1.59. The first-order chi connectivity index (χ1) is 15.0. The van der Waals surface area contributed by atoms with Gasteiger partial charge in [-0.1, -0.05) is 18.2 Å². The number of nitrogens with zero attached hydrogens (tertiary/aromatic N) is 2. The molecule has 1 saturated heterocycles. The summed E-state index contributed by atoms with van der Waals surface area (Å²) < 4.78 is 16.5. The fraction of sp³-hybridized carbons (Fsp3) is 0.167. The van der Waals surface area contributed by atoms with Gasteiger partial charge in [0.15, 0.2) is 16.6 Å². The maximum absolute atomic E-state index is 13.1. The number of para-hydroxylation sites is 1. The summed E-state index contributed by atoms with van der Waals surface area (Å²) in [6.45, 7) is 1.84. The Kier molecular flexibility index (Phi) is 5.77. The van der Waals surface area contributed by atoms with Crippen molar-refractivity contribution in [3.8, 4) is 23.0 Å². The third-order valence-electron chi connectivity index (χ3n) is 5.08. The van der Waals surface area contributed by atoms with Gasteiger partial charge in [-0.3, -0.25) is 9.69 Å². The minimum Gasteiger partial charge on any atom is -0.493 e. The van der Waals surface area contributed by atoms with Crippen LogP contribution in [0.2, 0.25) is 0 Å². The standard InChI is InChI=1S/C24H22N2O4S/c1-16-23(27)26(18-11-14-21(28-2)22(15-18)29-3)24(31)25(16)17-9-12-20(13-10-17)30-19-7-5-4-6-8-19/h4-16H,1-3H3. The van der Waals surface area contributed by atoms with E-state index in [9.17, 15) is 4.79 Å². The van der Waals surface area contributed by atoms with Gasteiger partial charge in [-0.25, -0.2) is 0 Å². The zero-order valence-corrected chi connectivity index (χ0v) is 18.3. The number of carbonyl (C=O) groups is 1. The van der Waals surface area contributed by atoms with Gasteiger partial charge < -0.3 is 19.1 Å². The monoisotopic (exact) mass is 434 g/mol. The average Bonchev–Trinajstić information content (AvgIpc) is 3.02. The fourth-order valence-electron chi connectivity index (χ4n) is 3.50. The zero-order chi connectivity index (χ0) is 22.0. The molecule has 1 heterocycles. The summed E-state index contributed by atoms with van der Waals surface area (Å²) in [6.07, 6.45) is 0. The Morgan fingerprint density at radius 1 is 0.806 bits per heavy atom. The van der Waals surface area contributed by atoms with Gasteiger partial charge in [0.05, 0.1) is 19.9 Å². The van der Waals surface area contributed by atoms with E-state index in [0.717, 1.165) is 11.4 Å². The fourth-order valence-corrected chi connectivity index (χ4v) is 3.96. The summed E-state index contributed by atoms with van der Waals surface area (Å²) in [5.41, 5.74) is 1.44. The number of anilines is 2. The number of amides is 1. The molecule has 7 heteroatoms. The number of hydrogen-bond acceptors (Lipinski definition) is 5. The molecule has 0 aliphatic carbocycles. The van der Waals surface area contributed by atoms with Crippen molar-refractivity contribution in [3.63, 3.8) is 0 Å². The van der Waals surface area contributed by atoms with Gasteiger partial charge in [0.25, 0.3) is 5.91 Å². The summed E-state index contributed by atoms with van der Waals surface area (Å²) in [6, 6.07) is 21.9. The second kappa shape index (κ2) is 8.65. The molecule has 31 heavy (non-hydrogen) atoms. The van der Waals surface area contributed by atoms with Gasteiger partial charge in [0.1, 0.15) is 17.5 Å². The number of benzene rings is 3. The van der Waals surface area contributed by atoms with Crippen LogP contribution in [0.25, 0.3) is 0 Å². The molecule has 0 radical (unpaired) electrons. The molecule has 1 fully saturated rings. The number of carbonyl (C=O) groups excluding carboxylic acids is 1. The van der Waals surface area contributed by atoms with Crippen LogP contribution in [0.3, 0.4) is 0 Å². The van der Waals surface area contributed by atoms with E-state index >= 15 is 0 Å². The van der Waals surface area contributed by atoms with Crippen molar-refractivity contribution in [3.05, 3.63) is 72.8 Å². The summed E-state index contributed by atoms with van der Waals surface area (Å²) in [5, 5.41) is 0.404. The molecule has 1 atom stereocenters. The molecule has 3 aromatic rings. The Morgan fingerprint density at radius 2 is 1.42 bits per heavy atom. The second-order valence-electron chi connectivity index (χ2n) is 6.95. The van der Waals surface area contributed by atoms with E-state index in [2.05, 4.69) is 0 Å². The lowest BCUT2D eigenvalue weighted by Gasteiger charge is -2.23. The van der Waals surface area contributed by atoms with Crippen LogP contribution in [0.1, 0.15) is 6.92 Å². The van der Waals surface area contributed by atoms with E-state index < -0.39 is 6.04 Å². The highest BCUT2D eigenvalue weighted by Crippen LogP contribution is 2.36. The van der Waals surface area contributed by atoms with Gasteiger partial charge in [0, 0.05) is 11.8 Å². The van der Waals surface area contributed by atoms with E-state index in [1.54, 1.807) is 32.4 Å². The largest absolute Gasteiger partial charge is 0.493 e. The molecule has 158 valence electrons. The third kappa shape index (κ3) is 3.92. The van der Waals surface area contributed by atoms with E-state index in [-0.39, 0.29) is 5.91 Å². The number of methoxy groups -OCH3 is 2. The number of thiocarbonyl (C=S) groups is 1. The SMILES string of the molecule is COc1ccc(N2C(=O)C(C)N(c3ccc(Oc4ccccc4)cc3)C2=S)cc1OC. The van der Waals surface area contributed by atoms with E-state index in [4.69, 9.17) is 26.4 Å². The Hall–Kier alpha value is -3.58. The Morgan fingerprint density at radius 3 is 2.06 bits per heavy atom. The molecule has 1 aliphatic heterocycles. The molecule has 0 N–H and O–H groups in total. The smallest absolute Gasteiger partial charge is 0.256 e. The number of hydrogen-bond donors (Lipinski definition) is 0. The van der Waals surface area contributed by atoms with Crippen molar-refractivity contribution < 1.29 is 19.0 Å². The average molecular weight is 435 g/mol. The van der Waals surface area contributed by atoms with Crippen LogP contribution < -0.4 is 24.0 Å². The maximum atomic E-state index is 13.1. The first kappa shape index (κ1) is 20.7. The van der Waals surface area contributed by atoms with Crippen LogP contribution in [-0.4, -0.2) is 31.3 Å². The normalized spacial score (nSPS) is 15.9. The van der Waals surface area contributed by atoms with Gasteiger partial charge in [-0.05, 0) is 67.7 Å². The molecule has 1 aliphatic rings. The lowest BCUT2D eigenvalue weighted by Crippen LogP contribution is -2.33. The van der Waals surface area contributed by atoms with Crippen molar-refractivity contribution in [2.24, 2.45) is 0 Å². The van der Waals surface area contributed by atoms with E-state index in [0.29, 0.717) is 28.0 Å². The molecule has 0 saturated carbocycles. The molecule has 6 nitrogen and oxygen atoms in total. The van der Waals surface area contributed by atoms with Crippen LogP contribution in [0, 0.1) is 0 Å². The van der Waals surface area contributed by atoms with Gasteiger partial charge in [-0.2, -0.15) is 0 Å². The highest BCUT2D eigenvalue weighted by Gasteiger charge is 2.41. The number of ether oxygens (including phenoxy) is 3. The lowest BCUT2D eigenvalue weighted by atomic mass is 10.2. The zero-order valence-electron chi connectivity index (χ0n) is 17.4. The van der Waals surface area contributed by atoms with Crippen molar-refractivity contribution in [2.45, 2.75) is 13.0 Å². The van der Waals surface area contributed by atoms with Crippen molar-refractivity contribution >= 4 is 34.6 Å². The molecular weight excluding hydrogens is 412 g/mol. The maximum Gasteiger partial charge on any atom is 0.256 e. The minimum atomic E-state index is -0.443. The van der Waals surface area contributed by atoms with Crippen molar-refractivity contribution in [1.82, 2.24) is 0 Å². The van der Waals surface area contributed by atoms with Crippen LogP contribution in [0.15, 0.2) is 72.8 Å². The molecular formula is C24H22N2O4S. The third-order valence-corrected chi connectivity index (χ3v) is 5.46. The molecule has 4 rings (SSSR count). The highest BCUT2D eigenvalue weighted by molar-refractivity contribution is 7.81. The van der Waals surface area contributed by atoms with Gasteiger partial charge in [0.2, 0.25) is 0 Å². The van der Waals surface area contributed by atoms with Crippen LogP contribution in [-0.2, 0) is 4.79 Å². The van der Waals surface area contributed by atoms with Gasteiger partial charge in [-0.15, -0.1) is 0 Å². The van der Waals surface area contributed by atoms with E-state index in [1.807, 2.05) is 66.4 Å². The van der Waals surface area contributed by atoms with E-state index in [1.165, 1.54) is 4.90 Å². The van der Waals surface area contributed by atoms with Gasteiger partial charge >= 0.3 is 0 Å². The molecule has 1 amide bonds. The first-order valence-electron chi connectivity index (χ1n) is 9.75.